The number of hydrogen-bond acceptors (Lipinski definition) is 4. The number of nitrogens with one attached hydrogen (secondary N) is 1. The minimum atomic E-state index is -3.62. The molecule has 0 aliphatic rings. The van der Waals surface area contributed by atoms with Crippen molar-refractivity contribution in [1.82, 2.24) is 4.72 Å². The lowest BCUT2D eigenvalue weighted by Gasteiger charge is -2.03. The van der Waals surface area contributed by atoms with Gasteiger partial charge in [-0.1, -0.05) is 23.2 Å². The van der Waals surface area contributed by atoms with Gasteiger partial charge in [0.05, 0.1) is 10.4 Å². The molecule has 0 saturated carbocycles. The minimum absolute atomic E-state index is 0.0128. The lowest BCUT2D eigenvalue weighted by atomic mass is 10.3. The Bertz CT molecular complexity index is 505. The zero-order valence-corrected chi connectivity index (χ0v) is 11.2. The van der Waals surface area contributed by atoms with E-state index in [9.17, 15) is 8.42 Å². The third kappa shape index (κ3) is 3.61. The maximum atomic E-state index is 11.7. The van der Waals surface area contributed by atoms with Gasteiger partial charge in [-0.05, 0) is 12.5 Å². The van der Waals surface area contributed by atoms with E-state index in [-0.39, 0.29) is 15.8 Å². The Balaban J connectivity index is 2.72. The molecule has 0 aromatic carbocycles. The standard InChI is InChI=1S/C8H8Cl2N2O2S2/c9-7-5-6(8(10)15-7)16(13,14)12-4-2-1-3-11/h5,12H,1-2,4H2. The Morgan fingerprint density at radius 2 is 2.19 bits per heavy atom. The van der Waals surface area contributed by atoms with Gasteiger partial charge in [0.2, 0.25) is 10.0 Å². The second kappa shape index (κ2) is 5.84. The summed E-state index contributed by atoms with van der Waals surface area (Å²) in [5.74, 6) is 0. The van der Waals surface area contributed by atoms with Gasteiger partial charge in [0.1, 0.15) is 9.23 Å². The zero-order chi connectivity index (χ0) is 12.2. The number of unbranched alkanes of at least 4 members (excludes halogenated alkanes) is 1. The molecule has 1 N–H and O–H groups in total. The summed E-state index contributed by atoms with van der Waals surface area (Å²) < 4.78 is 26.2. The molecule has 16 heavy (non-hydrogen) atoms. The van der Waals surface area contributed by atoms with E-state index in [4.69, 9.17) is 28.5 Å². The topological polar surface area (TPSA) is 70.0 Å². The summed E-state index contributed by atoms with van der Waals surface area (Å²) in [5, 5.41) is 8.30. The van der Waals surface area contributed by atoms with Crippen LogP contribution in [0.1, 0.15) is 12.8 Å². The number of nitriles is 1. The van der Waals surface area contributed by atoms with Crippen molar-refractivity contribution in [2.45, 2.75) is 17.7 Å². The van der Waals surface area contributed by atoms with Gasteiger partial charge in [0.15, 0.2) is 0 Å². The van der Waals surface area contributed by atoms with Crippen molar-refractivity contribution in [2.75, 3.05) is 6.54 Å². The summed E-state index contributed by atoms with van der Waals surface area (Å²) in [6, 6.07) is 3.24. The highest BCUT2D eigenvalue weighted by Gasteiger charge is 2.20. The first kappa shape index (κ1) is 13.7. The first-order valence-corrected chi connectivity index (χ1v) is 7.34. The second-order valence-electron chi connectivity index (χ2n) is 2.85. The molecule has 4 nitrogen and oxygen atoms in total. The van der Waals surface area contributed by atoms with Crippen LogP contribution in [0.5, 0.6) is 0 Å². The molecular weight excluding hydrogens is 291 g/mol. The van der Waals surface area contributed by atoms with Crippen LogP contribution in [0.25, 0.3) is 0 Å². The van der Waals surface area contributed by atoms with Crippen molar-refractivity contribution in [3.8, 4) is 6.07 Å². The number of sulfonamides is 1. The van der Waals surface area contributed by atoms with Gasteiger partial charge in [-0.3, -0.25) is 0 Å². The summed E-state index contributed by atoms with van der Waals surface area (Å²) in [6.07, 6.45) is 0.770. The lowest BCUT2D eigenvalue weighted by Crippen LogP contribution is -2.24. The van der Waals surface area contributed by atoms with Crippen molar-refractivity contribution in [1.29, 1.82) is 5.26 Å². The van der Waals surface area contributed by atoms with Gasteiger partial charge < -0.3 is 0 Å². The van der Waals surface area contributed by atoms with Crippen LogP contribution in [-0.4, -0.2) is 15.0 Å². The number of thiophene rings is 1. The van der Waals surface area contributed by atoms with Gasteiger partial charge in [0.25, 0.3) is 0 Å². The molecule has 0 unspecified atom stereocenters. The summed E-state index contributed by atoms with van der Waals surface area (Å²) in [4.78, 5) is -0.0128. The number of halogens is 2. The summed E-state index contributed by atoms with van der Waals surface area (Å²) in [5.41, 5.74) is 0. The first-order chi connectivity index (χ1) is 7.47. The van der Waals surface area contributed by atoms with Gasteiger partial charge in [-0.2, -0.15) is 5.26 Å². The van der Waals surface area contributed by atoms with Crippen LogP contribution < -0.4 is 4.72 Å². The largest absolute Gasteiger partial charge is 0.242 e. The van der Waals surface area contributed by atoms with Crippen molar-refractivity contribution < 1.29 is 8.42 Å². The SMILES string of the molecule is N#CCCCNS(=O)(=O)c1cc(Cl)sc1Cl. The Hall–Kier alpha value is -0.320. The van der Waals surface area contributed by atoms with Crippen LogP contribution >= 0.6 is 34.5 Å². The van der Waals surface area contributed by atoms with E-state index in [0.717, 1.165) is 11.3 Å². The zero-order valence-electron chi connectivity index (χ0n) is 8.03. The van der Waals surface area contributed by atoms with E-state index in [1.54, 1.807) is 0 Å². The first-order valence-electron chi connectivity index (χ1n) is 4.29. The van der Waals surface area contributed by atoms with Crippen molar-refractivity contribution in [3.63, 3.8) is 0 Å². The smallest absolute Gasteiger partial charge is 0.211 e. The Morgan fingerprint density at radius 3 is 2.69 bits per heavy atom. The molecule has 0 aliphatic heterocycles. The molecule has 8 heteroatoms. The molecule has 0 fully saturated rings. The molecule has 88 valence electrons. The molecule has 0 spiro atoms. The molecule has 0 atom stereocenters. The fourth-order valence-corrected chi connectivity index (χ4v) is 4.18. The summed E-state index contributed by atoms with van der Waals surface area (Å²) >= 11 is 12.4. The molecule has 0 radical (unpaired) electrons. The number of nitrogens with zero attached hydrogens (tertiary/aromatic N) is 1. The van der Waals surface area contributed by atoms with E-state index in [0.29, 0.717) is 17.2 Å². The maximum absolute atomic E-state index is 11.7. The molecule has 1 rings (SSSR count). The van der Waals surface area contributed by atoms with Crippen LogP contribution in [0.2, 0.25) is 8.67 Å². The van der Waals surface area contributed by atoms with Crippen LogP contribution in [0.3, 0.4) is 0 Å². The van der Waals surface area contributed by atoms with E-state index in [1.807, 2.05) is 6.07 Å². The molecule has 0 aliphatic carbocycles. The van der Waals surface area contributed by atoms with Gasteiger partial charge in [0, 0.05) is 13.0 Å². The molecule has 1 aromatic rings. The number of hydrogen-bond donors (Lipinski definition) is 1. The minimum Gasteiger partial charge on any atom is -0.211 e. The highest BCUT2D eigenvalue weighted by Crippen LogP contribution is 2.33. The van der Waals surface area contributed by atoms with Crippen LogP contribution in [0.4, 0.5) is 0 Å². The van der Waals surface area contributed by atoms with E-state index < -0.39 is 10.0 Å². The Morgan fingerprint density at radius 1 is 1.50 bits per heavy atom. The van der Waals surface area contributed by atoms with Crippen molar-refractivity contribution in [2.24, 2.45) is 0 Å². The molecule has 0 amide bonds. The summed E-state index contributed by atoms with van der Waals surface area (Å²) in [6.45, 7) is 0.208. The van der Waals surface area contributed by atoms with Crippen LogP contribution in [0.15, 0.2) is 11.0 Å². The Kier molecular flexibility index (Phi) is 5.02. The molecule has 1 aromatic heterocycles. The Labute approximate surface area is 108 Å². The van der Waals surface area contributed by atoms with Crippen LogP contribution in [0, 0.1) is 11.3 Å². The molecular formula is C8H8Cl2N2O2S2. The fourth-order valence-electron chi connectivity index (χ4n) is 0.960. The van der Waals surface area contributed by atoms with Crippen molar-refractivity contribution in [3.05, 3.63) is 14.7 Å². The highest BCUT2D eigenvalue weighted by molar-refractivity contribution is 7.89. The average molecular weight is 299 g/mol. The second-order valence-corrected chi connectivity index (χ2v) is 6.87. The third-order valence-electron chi connectivity index (χ3n) is 1.67. The molecule has 1 heterocycles. The maximum Gasteiger partial charge on any atom is 0.242 e. The number of rotatable bonds is 5. The van der Waals surface area contributed by atoms with Gasteiger partial charge >= 0.3 is 0 Å². The normalized spacial score (nSPS) is 11.3. The predicted molar refractivity (Wildman–Crippen MR) is 64.4 cm³/mol. The van der Waals surface area contributed by atoms with Crippen molar-refractivity contribution >= 4 is 44.6 Å². The fraction of sp³-hybridized carbons (Fsp3) is 0.375. The van der Waals surface area contributed by atoms with E-state index in [1.165, 1.54) is 6.07 Å². The molecule has 0 bridgehead atoms. The van der Waals surface area contributed by atoms with Crippen LogP contribution in [-0.2, 0) is 10.0 Å². The quantitative estimate of drug-likeness (QED) is 0.850. The van der Waals surface area contributed by atoms with Gasteiger partial charge in [-0.25, -0.2) is 13.1 Å². The summed E-state index contributed by atoms with van der Waals surface area (Å²) in [7, 11) is -3.62. The average Bonchev–Trinajstić information content (AvgIpc) is 2.53. The molecule has 0 saturated heterocycles. The third-order valence-corrected chi connectivity index (χ3v) is 4.89. The van der Waals surface area contributed by atoms with E-state index >= 15 is 0 Å². The van der Waals surface area contributed by atoms with Gasteiger partial charge in [-0.15, -0.1) is 11.3 Å². The lowest BCUT2D eigenvalue weighted by molar-refractivity contribution is 0.580. The monoisotopic (exact) mass is 298 g/mol. The highest BCUT2D eigenvalue weighted by atomic mass is 35.5. The van der Waals surface area contributed by atoms with E-state index in [2.05, 4.69) is 4.72 Å². The predicted octanol–water partition coefficient (Wildman–Crippen LogP) is 2.64.